The van der Waals surface area contributed by atoms with Crippen molar-refractivity contribution in [2.24, 2.45) is 7.05 Å². The molecule has 0 aliphatic rings. The Hall–Kier alpha value is -4.79. The van der Waals surface area contributed by atoms with E-state index in [0.29, 0.717) is 17.1 Å². The zero-order valence-corrected chi connectivity index (χ0v) is 18.5. The molecule has 3 aromatic heterocycles. The van der Waals surface area contributed by atoms with E-state index in [2.05, 4.69) is 20.6 Å². The fourth-order valence-corrected chi connectivity index (χ4v) is 4.09. The van der Waals surface area contributed by atoms with Crippen molar-refractivity contribution in [1.29, 1.82) is 0 Å². The van der Waals surface area contributed by atoms with Crippen LogP contribution in [-0.4, -0.2) is 24.5 Å². The molecule has 7 nitrogen and oxygen atoms in total. The van der Waals surface area contributed by atoms with E-state index in [9.17, 15) is 8.78 Å². The van der Waals surface area contributed by atoms with Crippen LogP contribution in [-0.2, 0) is 7.05 Å². The van der Waals surface area contributed by atoms with Gasteiger partial charge in [-0.25, -0.2) is 13.8 Å². The first kappa shape index (κ1) is 20.8. The number of aryl methyl sites for hydroxylation is 1. The summed E-state index contributed by atoms with van der Waals surface area (Å²) in [6.07, 6.45) is 6.93. The second-order valence-corrected chi connectivity index (χ2v) is 8.12. The third-order valence-electron chi connectivity index (χ3n) is 5.73. The van der Waals surface area contributed by atoms with Crippen molar-refractivity contribution in [1.82, 2.24) is 24.5 Å². The number of hydrogen-bond donors (Lipinski definition) is 1. The largest absolute Gasteiger partial charge is 0.363 e. The van der Waals surface area contributed by atoms with Gasteiger partial charge in [0.05, 0.1) is 17.2 Å². The number of anilines is 2. The molecule has 0 amide bonds. The lowest BCUT2D eigenvalue weighted by molar-refractivity contribution is 0.423. The lowest BCUT2D eigenvalue weighted by Crippen LogP contribution is -1.98. The average molecular weight is 468 g/mol. The van der Waals surface area contributed by atoms with Crippen LogP contribution in [0.15, 0.2) is 90.2 Å². The van der Waals surface area contributed by atoms with Gasteiger partial charge in [0.15, 0.2) is 5.82 Å². The van der Waals surface area contributed by atoms with E-state index in [-0.39, 0.29) is 5.56 Å². The number of hydrogen-bond acceptors (Lipinski definition) is 5. The molecule has 0 aliphatic heterocycles. The molecule has 3 heterocycles. The van der Waals surface area contributed by atoms with Crippen molar-refractivity contribution >= 4 is 22.5 Å². The molecule has 0 atom stereocenters. The maximum atomic E-state index is 14.7. The zero-order valence-electron chi connectivity index (χ0n) is 18.5. The van der Waals surface area contributed by atoms with Gasteiger partial charge < -0.3 is 9.84 Å². The van der Waals surface area contributed by atoms with Gasteiger partial charge in [-0.1, -0.05) is 11.2 Å². The standard InChI is InChI=1S/C26H18F2N6O/c1-33-14-18(13-30-33)16-2-5-25-24(10-16)29-15-34(25)21-9-17(22-4-3-19(27)11-23(22)28)8-20(12-21)31-26-6-7-35-32-26/h2-15H,1H3,(H,31,32). The van der Waals surface area contributed by atoms with Crippen LogP contribution >= 0.6 is 0 Å². The van der Waals surface area contributed by atoms with E-state index in [0.717, 1.165) is 33.9 Å². The highest BCUT2D eigenvalue weighted by Gasteiger charge is 2.13. The summed E-state index contributed by atoms with van der Waals surface area (Å²) in [7, 11) is 1.87. The van der Waals surface area contributed by atoms with Gasteiger partial charge in [-0.2, -0.15) is 5.10 Å². The molecule has 9 heteroatoms. The summed E-state index contributed by atoms with van der Waals surface area (Å²) in [6.45, 7) is 0. The Balaban J connectivity index is 1.48. The summed E-state index contributed by atoms with van der Waals surface area (Å²) in [4.78, 5) is 4.59. The Bertz CT molecular complexity index is 1670. The van der Waals surface area contributed by atoms with E-state index >= 15 is 0 Å². The number of aromatic nitrogens is 5. The minimum absolute atomic E-state index is 0.278. The van der Waals surface area contributed by atoms with Crippen LogP contribution in [0, 0.1) is 11.6 Å². The van der Waals surface area contributed by atoms with Gasteiger partial charge in [0.1, 0.15) is 24.2 Å². The summed E-state index contributed by atoms with van der Waals surface area (Å²) >= 11 is 0. The van der Waals surface area contributed by atoms with Gasteiger partial charge in [-0.05, 0) is 53.6 Å². The molecule has 0 bridgehead atoms. The van der Waals surface area contributed by atoms with Crippen molar-refractivity contribution in [3.05, 3.63) is 97.3 Å². The highest BCUT2D eigenvalue weighted by atomic mass is 19.1. The molecule has 0 fully saturated rings. The van der Waals surface area contributed by atoms with Crippen molar-refractivity contribution in [2.45, 2.75) is 0 Å². The van der Waals surface area contributed by atoms with Crippen molar-refractivity contribution in [3.8, 4) is 27.9 Å². The summed E-state index contributed by atoms with van der Waals surface area (Å²) in [6, 6.07) is 16.7. The predicted molar refractivity (Wildman–Crippen MR) is 128 cm³/mol. The molecule has 1 N–H and O–H groups in total. The highest BCUT2D eigenvalue weighted by Crippen LogP contribution is 2.32. The number of imidazole rings is 1. The molecule has 0 spiro atoms. The van der Waals surface area contributed by atoms with E-state index in [1.807, 2.05) is 48.1 Å². The van der Waals surface area contributed by atoms with Gasteiger partial charge in [0, 0.05) is 47.9 Å². The summed E-state index contributed by atoms with van der Waals surface area (Å²) in [5, 5.41) is 11.3. The topological polar surface area (TPSA) is 73.7 Å². The molecule has 6 aromatic rings. The number of benzene rings is 3. The van der Waals surface area contributed by atoms with Crippen LogP contribution in [0.5, 0.6) is 0 Å². The summed E-state index contributed by atoms with van der Waals surface area (Å²) in [5.41, 5.74) is 5.93. The second kappa shape index (κ2) is 8.21. The Kier molecular flexibility index (Phi) is 4.88. The first-order valence-electron chi connectivity index (χ1n) is 10.8. The van der Waals surface area contributed by atoms with Gasteiger partial charge >= 0.3 is 0 Å². The molecular weight excluding hydrogens is 450 g/mol. The first-order chi connectivity index (χ1) is 17.0. The minimum Gasteiger partial charge on any atom is -0.363 e. The Labute approximate surface area is 198 Å². The molecule has 6 rings (SSSR count). The van der Waals surface area contributed by atoms with Gasteiger partial charge in [-0.3, -0.25) is 9.25 Å². The molecule has 0 unspecified atom stereocenters. The molecule has 0 aliphatic carbocycles. The third kappa shape index (κ3) is 3.93. The molecular formula is C26H18F2N6O. The fraction of sp³-hybridized carbons (Fsp3) is 0.0385. The maximum absolute atomic E-state index is 14.7. The van der Waals surface area contributed by atoms with E-state index in [1.165, 1.54) is 18.4 Å². The third-order valence-corrected chi connectivity index (χ3v) is 5.73. The smallest absolute Gasteiger partial charge is 0.173 e. The monoisotopic (exact) mass is 468 g/mol. The summed E-state index contributed by atoms with van der Waals surface area (Å²) in [5.74, 6) is -0.774. The number of nitrogens with one attached hydrogen (secondary N) is 1. The Morgan fingerprint density at radius 2 is 1.83 bits per heavy atom. The molecule has 35 heavy (non-hydrogen) atoms. The molecule has 3 aromatic carbocycles. The van der Waals surface area contributed by atoms with Crippen molar-refractivity contribution < 1.29 is 13.3 Å². The summed E-state index contributed by atoms with van der Waals surface area (Å²) < 4.78 is 36.8. The Morgan fingerprint density at radius 3 is 2.60 bits per heavy atom. The van der Waals surface area contributed by atoms with E-state index in [1.54, 1.807) is 29.3 Å². The van der Waals surface area contributed by atoms with Crippen molar-refractivity contribution in [3.63, 3.8) is 0 Å². The molecule has 0 saturated carbocycles. The molecule has 0 radical (unpaired) electrons. The van der Waals surface area contributed by atoms with Gasteiger partial charge in [0.2, 0.25) is 0 Å². The maximum Gasteiger partial charge on any atom is 0.173 e. The van der Waals surface area contributed by atoms with Crippen molar-refractivity contribution in [2.75, 3.05) is 5.32 Å². The van der Waals surface area contributed by atoms with Crippen LogP contribution in [0.1, 0.15) is 0 Å². The predicted octanol–water partition coefficient (Wildman–Crippen LogP) is 6.10. The SMILES string of the molecule is Cn1cc(-c2ccc3c(c2)ncn3-c2cc(Nc3ccon3)cc(-c3ccc(F)cc3F)c2)cn1. The quantitative estimate of drug-likeness (QED) is 0.331. The first-order valence-corrected chi connectivity index (χ1v) is 10.8. The number of fused-ring (bicyclic) bond motifs is 1. The van der Waals surface area contributed by atoms with Crippen LogP contribution in [0.25, 0.3) is 39.0 Å². The zero-order chi connectivity index (χ0) is 23.9. The van der Waals surface area contributed by atoms with Crippen LogP contribution < -0.4 is 5.32 Å². The van der Waals surface area contributed by atoms with E-state index in [4.69, 9.17) is 4.52 Å². The Morgan fingerprint density at radius 1 is 0.914 bits per heavy atom. The lowest BCUT2D eigenvalue weighted by Gasteiger charge is -2.13. The lowest BCUT2D eigenvalue weighted by atomic mass is 10.0. The van der Waals surface area contributed by atoms with Crippen LogP contribution in [0.2, 0.25) is 0 Å². The molecule has 172 valence electrons. The fourth-order valence-electron chi connectivity index (χ4n) is 4.09. The molecule has 0 saturated heterocycles. The number of halogens is 2. The van der Waals surface area contributed by atoms with Crippen LogP contribution in [0.4, 0.5) is 20.3 Å². The minimum atomic E-state index is -0.647. The number of nitrogens with zero attached hydrogens (tertiary/aromatic N) is 5. The highest BCUT2D eigenvalue weighted by molar-refractivity contribution is 5.84. The van der Waals surface area contributed by atoms with Crippen LogP contribution in [0.3, 0.4) is 0 Å². The van der Waals surface area contributed by atoms with Gasteiger partial charge in [0.25, 0.3) is 0 Å². The second-order valence-electron chi connectivity index (χ2n) is 8.12. The average Bonchev–Trinajstić information content (AvgIpc) is 3.59. The number of rotatable bonds is 5. The van der Waals surface area contributed by atoms with Gasteiger partial charge in [-0.15, -0.1) is 0 Å². The normalized spacial score (nSPS) is 11.3. The van der Waals surface area contributed by atoms with E-state index < -0.39 is 11.6 Å².